The summed E-state index contributed by atoms with van der Waals surface area (Å²) < 4.78 is 5.73. The van der Waals surface area contributed by atoms with Crippen molar-refractivity contribution in [1.29, 1.82) is 0 Å². The van der Waals surface area contributed by atoms with Gasteiger partial charge in [0.1, 0.15) is 5.75 Å². The summed E-state index contributed by atoms with van der Waals surface area (Å²) in [5, 5.41) is 0.110. The Balaban J connectivity index is 1.87. The largest absolute Gasteiger partial charge is 0.490 e. The molecular weight excluding hydrogens is 244 g/mol. The third-order valence-electron chi connectivity index (χ3n) is 3.22. The van der Waals surface area contributed by atoms with Gasteiger partial charge in [0, 0.05) is 0 Å². The van der Waals surface area contributed by atoms with Crippen molar-refractivity contribution in [3.63, 3.8) is 0 Å². The molecule has 1 aromatic rings. The summed E-state index contributed by atoms with van der Waals surface area (Å²) >= 11 is 6.44. The molecule has 0 N–H and O–H groups in total. The number of alkyl halides is 1. The Hall–Kier alpha value is -0.690. The fraction of sp³-hybridized carbons (Fsp3) is 0.625. The first-order valence-electron chi connectivity index (χ1n) is 6.85. The van der Waals surface area contributed by atoms with E-state index in [0.717, 1.165) is 18.6 Å². The summed E-state index contributed by atoms with van der Waals surface area (Å²) in [5.74, 6) is 0.973. The summed E-state index contributed by atoms with van der Waals surface area (Å²) in [6.45, 7) is 6.76. The van der Waals surface area contributed by atoms with Crippen LogP contribution in [0.25, 0.3) is 0 Å². The van der Waals surface area contributed by atoms with Gasteiger partial charge in [-0.05, 0) is 48.8 Å². The van der Waals surface area contributed by atoms with E-state index >= 15 is 0 Å². The molecular formula is C16H23ClO. The van der Waals surface area contributed by atoms with E-state index in [4.69, 9.17) is 16.3 Å². The SMILES string of the molecule is CC(C)(C)CCC(Cl)c1ccc(OC2CC2)cc1. The van der Waals surface area contributed by atoms with Crippen molar-refractivity contribution in [2.45, 2.75) is 57.9 Å². The van der Waals surface area contributed by atoms with Gasteiger partial charge in [-0.25, -0.2) is 0 Å². The normalized spacial score (nSPS) is 17.6. The lowest BCUT2D eigenvalue weighted by molar-refractivity contribution is 0.303. The molecule has 1 aliphatic carbocycles. The van der Waals surface area contributed by atoms with E-state index < -0.39 is 0 Å². The van der Waals surface area contributed by atoms with Crippen LogP contribution < -0.4 is 4.74 Å². The van der Waals surface area contributed by atoms with Crippen molar-refractivity contribution in [3.8, 4) is 5.75 Å². The van der Waals surface area contributed by atoms with Crippen molar-refractivity contribution in [2.75, 3.05) is 0 Å². The Kier molecular flexibility index (Phi) is 4.21. The van der Waals surface area contributed by atoms with Gasteiger partial charge in [0.05, 0.1) is 11.5 Å². The van der Waals surface area contributed by atoms with E-state index in [0.29, 0.717) is 11.5 Å². The summed E-state index contributed by atoms with van der Waals surface area (Å²) in [5.41, 5.74) is 1.55. The maximum absolute atomic E-state index is 6.44. The highest BCUT2D eigenvalue weighted by atomic mass is 35.5. The molecule has 0 aliphatic heterocycles. The second-order valence-electron chi connectivity index (χ2n) is 6.45. The topological polar surface area (TPSA) is 9.23 Å². The second-order valence-corrected chi connectivity index (χ2v) is 6.98. The summed E-state index contributed by atoms with van der Waals surface area (Å²) in [7, 11) is 0. The molecule has 0 amide bonds. The number of halogens is 1. The zero-order chi connectivity index (χ0) is 13.2. The first-order chi connectivity index (χ1) is 8.44. The molecule has 0 aromatic heterocycles. The maximum Gasteiger partial charge on any atom is 0.119 e. The van der Waals surface area contributed by atoms with Gasteiger partial charge >= 0.3 is 0 Å². The lowest BCUT2D eigenvalue weighted by Gasteiger charge is -2.20. The molecule has 0 heterocycles. The molecule has 0 bridgehead atoms. The van der Waals surface area contributed by atoms with Gasteiger partial charge in [-0.1, -0.05) is 32.9 Å². The zero-order valence-electron chi connectivity index (χ0n) is 11.6. The molecule has 1 unspecified atom stereocenters. The number of hydrogen-bond acceptors (Lipinski definition) is 1. The van der Waals surface area contributed by atoms with Crippen molar-refractivity contribution in [3.05, 3.63) is 29.8 Å². The van der Waals surface area contributed by atoms with Crippen LogP contribution >= 0.6 is 11.6 Å². The lowest BCUT2D eigenvalue weighted by atomic mass is 9.89. The summed E-state index contributed by atoms with van der Waals surface area (Å²) in [6, 6.07) is 8.27. The summed E-state index contributed by atoms with van der Waals surface area (Å²) in [6.07, 6.45) is 5.02. The van der Waals surface area contributed by atoms with Crippen molar-refractivity contribution in [2.24, 2.45) is 5.41 Å². The van der Waals surface area contributed by atoms with Crippen LogP contribution in [-0.4, -0.2) is 6.10 Å². The quantitative estimate of drug-likeness (QED) is 0.654. The van der Waals surface area contributed by atoms with Crippen LogP contribution in [0.1, 0.15) is 57.4 Å². The smallest absolute Gasteiger partial charge is 0.119 e. The number of hydrogen-bond donors (Lipinski definition) is 0. The Morgan fingerprint density at radius 3 is 2.33 bits per heavy atom. The Morgan fingerprint density at radius 2 is 1.83 bits per heavy atom. The maximum atomic E-state index is 6.44. The van der Waals surface area contributed by atoms with Crippen LogP contribution in [-0.2, 0) is 0 Å². The van der Waals surface area contributed by atoms with Crippen LogP contribution in [0.15, 0.2) is 24.3 Å². The number of benzene rings is 1. The minimum absolute atomic E-state index is 0.110. The number of ether oxygens (including phenoxy) is 1. The molecule has 1 fully saturated rings. The lowest BCUT2D eigenvalue weighted by Crippen LogP contribution is -2.06. The Bertz CT molecular complexity index is 373. The highest BCUT2D eigenvalue weighted by Gasteiger charge is 2.23. The minimum Gasteiger partial charge on any atom is -0.490 e. The van der Waals surface area contributed by atoms with Crippen molar-refractivity contribution in [1.82, 2.24) is 0 Å². The average molecular weight is 267 g/mol. The zero-order valence-corrected chi connectivity index (χ0v) is 12.3. The van der Waals surface area contributed by atoms with Crippen LogP contribution in [0.2, 0.25) is 0 Å². The van der Waals surface area contributed by atoms with Gasteiger partial charge in [0.2, 0.25) is 0 Å². The van der Waals surface area contributed by atoms with Gasteiger partial charge in [0.15, 0.2) is 0 Å². The number of rotatable bonds is 5. The standard InChI is InChI=1S/C16H23ClO/c1-16(2,3)11-10-15(17)12-4-6-13(7-5-12)18-14-8-9-14/h4-7,14-15H,8-11H2,1-3H3. The van der Waals surface area contributed by atoms with E-state index in [1.54, 1.807) is 0 Å². The van der Waals surface area contributed by atoms with E-state index in [9.17, 15) is 0 Å². The fourth-order valence-electron chi connectivity index (χ4n) is 1.86. The highest BCUT2D eigenvalue weighted by Crippen LogP contribution is 2.33. The molecule has 0 saturated heterocycles. The highest BCUT2D eigenvalue weighted by molar-refractivity contribution is 6.20. The predicted molar refractivity (Wildman–Crippen MR) is 77.4 cm³/mol. The van der Waals surface area contributed by atoms with Gasteiger partial charge < -0.3 is 4.74 Å². The molecule has 1 nitrogen and oxygen atoms in total. The molecule has 2 rings (SSSR count). The molecule has 1 atom stereocenters. The van der Waals surface area contributed by atoms with Gasteiger partial charge in [-0.15, -0.1) is 11.6 Å². The molecule has 0 radical (unpaired) electrons. The molecule has 18 heavy (non-hydrogen) atoms. The molecule has 1 aromatic carbocycles. The van der Waals surface area contributed by atoms with E-state index in [1.165, 1.54) is 18.4 Å². The first kappa shape index (κ1) is 13.7. The molecule has 0 spiro atoms. The average Bonchev–Trinajstić information content (AvgIpc) is 3.10. The van der Waals surface area contributed by atoms with E-state index in [2.05, 4.69) is 32.9 Å². The van der Waals surface area contributed by atoms with Crippen molar-refractivity contribution >= 4 is 11.6 Å². The Morgan fingerprint density at radius 1 is 1.22 bits per heavy atom. The summed E-state index contributed by atoms with van der Waals surface area (Å²) in [4.78, 5) is 0. The second kappa shape index (κ2) is 5.52. The monoisotopic (exact) mass is 266 g/mol. The van der Waals surface area contributed by atoms with Gasteiger partial charge in [-0.2, -0.15) is 0 Å². The van der Waals surface area contributed by atoms with Crippen LogP contribution in [0.3, 0.4) is 0 Å². The predicted octanol–water partition coefficient (Wildman–Crippen LogP) is 5.33. The van der Waals surface area contributed by atoms with E-state index in [1.807, 2.05) is 12.1 Å². The third-order valence-corrected chi connectivity index (χ3v) is 3.69. The van der Waals surface area contributed by atoms with Crippen LogP contribution in [0.4, 0.5) is 0 Å². The molecule has 1 aliphatic rings. The third kappa shape index (κ3) is 4.53. The van der Waals surface area contributed by atoms with Crippen molar-refractivity contribution < 1.29 is 4.74 Å². The fourth-order valence-corrected chi connectivity index (χ4v) is 2.11. The van der Waals surface area contributed by atoms with E-state index in [-0.39, 0.29) is 5.38 Å². The molecule has 1 saturated carbocycles. The first-order valence-corrected chi connectivity index (χ1v) is 7.28. The van der Waals surface area contributed by atoms with Gasteiger partial charge in [0.25, 0.3) is 0 Å². The molecule has 2 heteroatoms. The van der Waals surface area contributed by atoms with Crippen LogP contribution in [0, 0.1) is 5.41 Å². The Labute approximate surface area is 115 Å². The van der Waals surface area contributed by atoms with Gasteiger partial charge in [-0.3, -0.25) is 0 Å². The molecule has 100 valence electrons. The van der Waals surface area contributed by atoms with Crippen LogP contribution in [0.5, 0.6) is 5.75 Å². The minimum atomic E-state index is 0.110.